The number of allylic oxidation sites excluding steroid dienone is 4. The number of ketones is 1. The minimum Gasteiger partial charge on any atom is -0.451 e. The predicted molar refractivity (Wildman–Crippen MR) is 101 cm³/mol. The van der Waals surface area contributed by atoms with Crippen molar-refractivity contribution in [2.45, 2.75) is 66.4 Å². The second-order valence-corrected chi connectivity index (χ2v) is 8.29. The molecular formula is C22H32O3. The fourth-order valence-corrected chi connectivity index (χ4v) is 4.37. The maximum Gasteiger partial charge on any atom is 0.303 e. The molecule has 0 radical (unpaired) electrons. The Labute approximate surface area is 152 Å². The lowest BCUT2D eigenvalue weighted by Crippen LogP contribution is -2.59. The van der Waals surface area contributed by atoms with E-state index in [-0.39, 0.29) is 29.5 Å². The van der Waals surface area contributed by atoms with Crippen LogP contribution in [-0.2, 0) is 14.3 Å². The highest BCUT2D eigenvalue weighted by atomic mass is 16.6. The van der Waals surface area contributed by atoms with Crippen LogP contribution in [0, 0.1) is 23.7 Å². The summed E-state index contributed by atoms with van der Waals surface area (Å²) in [6, 6.07) is 0. The summed E-state index contributed by atoms with van der Waals surface area (Å²) in [4.78, 5) is 24.8. The first-order valence-electron chi connectivity index (χ1n) is 9.34. The summed E-state index contributed by atoms with van der Waals surface area (Å²) in [5, 5.41) is 0. The highest BCUT2D eigenvalue weighted by Crippen LogP contribution is 2.53. The lowest BCUT2D eigenvalue weighted by molar-refractivity contribution is -0.176. The second kappa shape index (κ2) is 7.31. The van der Waals surface area contributed by atoms with E-state index < -0.39 is 5.60 Å². The third-order valence-electron chi connectivity index (χ3n) is 5.71. The molecule has 3 heteroatoms. The van der Waals surface area contributed by atoms with Crippen molar-refractivity contribution in [3.63, 3.8) is 0 Å². The van der Waals surface area contributed by atoms with E-state index in [1.807, 2.05) is 0 Å². The van der Waals surface area contributed by atoms with E-state index >= 15 is 0 Å². The predicted octanol–water partition coefficient (Wildman–Crippen LogP) is 5.03. The van der Waals surface area contributed by atoms with Crippen molar-refractivity contribution in [2.75, 3.05) is 0 Å². The number of hydrogen-bond acceptors (Lipinski definition) is 3. The van der Waals surface area contributed by atoms with Gasteiger partial charge in [-0.05, 0) is 51.9 Å². The molecule has 0 spiro atoms. The smallest absolute Gasteiger partial charge is 0.303 e. The molecule has 0 aliphatic heterocycles. The second-order valence-electron chi connectivity index (χ2n) is 8.29. The Hall–Kier alpha value is -1.64. The van der Waals surface area contributed by atoms with Crippen molar-refractivity contribution < 1.29 is 14.3 Å². The van der Waals surface area contributed by atoms with Gasteiger partial charge in [0.05, 0.1) is 0 Å². The summed E-state index contributed by atoms with van der Waals surface area (Å²) in [6.07, 6.45) is 7.12. The molecule has 0 heterocycles. The number of ether oxygens (including phenoxy) is 1. The van der Waals surface area contributed by atoms with Crippen LogP contribution in [0.5, 0.6) is 0 Å². The van der Waals surface area contributed by atoms with Crippen molar-refractivity contribution in [3.8, 4) is 0 Å². The summed E-state index contributed by atoms with van der Waals surface area (Å²) >= 11 is 0. The van der Waals surface area contributed by atoms with Crippen LogP contribution in [0.2, 0.25) is 0 Å². The van der Waals surface area contributed by atoms with Crippen LogP contribution >= 0.6 is 0 Å². The molecule has 3 aliphatic carbocycles. The van der Waals surface area contributed by atoms with Gasteiger partial charge in [-0.3, -0.25) is 9.59 Å². The molecule has 0 aromatic rings. The molecule has 1 fully saturated rings. The zero-order valence-electron chi connectivity index (χ0n) is 16.5. The van der Waals surface area contributed by atoms with Gasteiger partial charge in [-0.1, -0.05) is 49.3 Å². The van der Waals surface area contributed by atoms with E-state index in [1.165, 1.54) is 18.1 Å². The zero-order chi connectivity index (χ0) is 18.9. The third kappa shape index (κ3) is 3.80. The van der Waals surface area contributed by atoms with Crippen LogP contribution in [0.3, 0.4) is 0 Å². The number of carbonyl (C=O) groups is 2. The zero-order valence-corrected chi connectivity index (χ0v) is 16.5. The third-order valence-corrected chi connectivity index (χ3v) is 5.71. The van der Waals surface area contributed by atoms with E-state index in [0.717, 1.165) is 24.8 Å². The summed E-state index contributed by atoms with van der Waals surface area (Å²) in [5.41, 5.74) is 2.63. The topological polar surface area (TPSA) is 43.4 Å². The molecule has 3 rings (SSSR count). The van der Waals surface area contributed by atoms with Gasteiger partial charge in [-0.15, -0.1) is 0 Å². The summed E-state index contributed by atoms with van der Waals surface area (Å²) in [5.74, 6) is -0.119. The largest absolute Gasteiger partial charge is 0.451 e. The lowest BCUT2D eigenvalue weighted by Gasteiger charge is -2.51. The van der Waals surface area contributed by atoms with Crippen LogP contribution in [0.25, 0.3) is 0 Å². The molecule has 0 aromatic carbocycles. The van der Waals surface area contributed by atoms with E-state index in [4.69, 9.17) is 4.74 Å². The van der Waals surface area contributed by atoms with Crippen molar-refractivity contribution in [3.05, 3.63) is 35.5 Å². The average molecular weight is 344 g/mol. The summed E-state index contributed by atoms with van der Waals surface area (Å²) < 4.78 is 5.52. The van der Waals surface area contributed by atoms with Crippen molar-refractivity contribution in [1.29, 1.82) is 0 Å². The SMILES string of the molecule is C=C(CCC=C(C)C)[C@@H]1C[C@@H]2C=C(C(C)C)[C@H]1C(=O)[C@]2(C)OC(C)=O. The lowest BCUT2D eigenvalue weighted by atomic mass is 9.55. The van der Waals surface area contributed by atoms with E-state index in [2.05, 4.69) is 46.4 Å². The van der Waals surface area contributed by atoms with Gasteiger partial charge >= 0.3 is 5.97 Å². The number of esters is 1. The molecule has 2 bridgehead atoms. The van der Waals surface area contributed by atoms with Gasteiger partial charge in [0.25, 0.3) is 0 Å². The van der Waals surface area contributed by atoms with Crippen LogP contribution < -0.4 is 0 Å². The molecule has 0 unspecified atom stereocenters. The maximum atomic E-state index is 13.3. The standard InChI is InChI=1S/C22H32O3/c1-13(2)9-8-10-15(5)19-12-17-11-18(14(3)4)20(19)21(24)22(17,7)25-16(6)23/h9,11,14,17,19-20H,5,8,10,12H2,1-4,6-7H3/t17-,19-,20+,22+/m0/s1. The molecule has 4 atom stereocenters. The Kier molecular flexibility index (Phi) is 5.75. The Morgan fingerprint density at radius 2 is 2.04 bits per heavy atom. The normalized spacial score (nSPS) is 30.9. The summed E-state index contributed by atoms with van der Waals surface area (Å²) in [7, 11) is 0. The van der Waals surface area contributed by atoms with Gasteiger partial charge in [-0.25, -0.2) is 0 Å². The fourth-order valence-electron chi connectivity index (χ4n) is 4.37. The molecule has 0 amide bonds. The first kappa shape index (κ1) is 19.7. The maximum absolute atomic E-state index is 13.3. The van der Waals surface area contributed by atoms with E-state index in [0.29, 0.717) is 5.92 Å². The van der Waals surface area contributed by atoms with Gasteiger partial charge in [0.2, 0.25) is 0 Å². The molecule has 0 saturated heterocycles. The van der Waals surface area contributed by atoms with Crippen LogP contribution in [0.1, 0.15) is 60.8 Å². The number of hydrogen-bond donors (Lipinski definition) is 0. The van der Waals surface area contributed by atoms with Crippen LogP contribution in [0.15, 0.2) is 35.5 Å². The van der Waals surface area contributed by atoms with E-state index in [9.17, 15) is 9.59 Å². The molecule has 138 valence electrons. The Morgan fingerprint density at radius 1 is 1.40 bits per heavy atom. The first-order chi connectivity index (χ1) is 11.6. The highest BCUT2D eigenvalue weighted by Gasteiger charge is 2.58. The van der Waals surface area contributed by atoms with Gasteiger partial charge in [0, 0.05) is 18.8 Å². The Balaban J connectivity index is 2.30. The van der Waals surface area contributed by atoms with Crippen LogP contribution in [0.4, 0.5) is 0 Å². The fraction of sp³-hybridized carbons (Fsp3) is 0.636. The number of carbonyl (C=O) groups excluding carboxylic acids is 2. The minimum atomic E-state index is -1.02. The minimum absolute atomic E-state index is 0.0542. The molecule has 25 heavy (non-hydrogen) atoms. The van der Waals surface area contributed by atoms with Gasteiger partial charge in [-0.2, -0.15) is 0 Å². The number of rotatable bonds is 6. The quantitative estimate of drug-likeness (QED) is 0.501. The van der Waals surface area contributed by atoms with Crippen molar-refractivity contribution >= 4 is 11.8 Å². The monoisotopic (exact) mass is 344 g/mol. The van der Waals surface area contributed by atoms with Gasteiger partial charge in [0.15, 0.2) is 11.4 Å². The van der Waals surface area contributed by atoms with Gasteiger partial charge < -0.3 is 4.74 Å². The highest BCUT2D eigenvalue weighted by molar-refractivity contribution is 5.96. The van der Waals surface area contributed by atoms with Crippen molar-refractivity contribution in [1.82, 2.24) is 0 Å². The van der Waals surface area contributed by atoms with Gasteiger partial charge in [0.1, 0.15) is 0 Å². The van der Waals surface area contributed by atoms with Crippen molar-refractivity contribution in [2.24, 2.45) is 23.7 Å². The molecule has 1 saturated carbocycles. The Bertz CT molecular complexity index is 634. The van der Waals surface area contributed by atoms with Crippen LogP contribution in [-0.4, -0.2) is 17.4 Å². The molecule has 3 aliphatic rings. The average Bonchev–Trinajstić information content (AvgIpc) is 2.50. The number of fused-ring (bicyclic) bond motifs is 2. The Morgan fingerprint density at radius 3 is 2.52 bits per heavy atom. The van der Waals surface area contributed by atoms with E-state index in [1.54, 1.807) is 6.92 Å². The molecule has 3 nitrogen and oxygen atoms in total. The first-order valence-corrected chi connectivity index (χ1v) is 9.34. The number of Topliss-reactive ketones (excluding diaryl/α,β-unsaturated/α-hetero) is 1. The molecule has 0 N–H and O–H groups in total. The molecular weight excluding hydrogens is 312 g/mol. The summed E-state index contributed by atoms with van der Waals surface area (Å²) in [6.45, 7) is 15.9. The molecule has 0 aromatic heterocycles.